The van der Waals surface area contributed by atoms with Crippen LogP contribution >= 0.6 is 27.7 Å². The number of nitrogens with zero attached hydrogens (tertiary/aromatic N) is 1. The van der Waals surface area contributed by atoms with E-state index < -0.39 is 5.97 Å². The van der Waals surface area contributed by atoms with Gasteiger partial charge in [-0.05, 0) is 58.7 Å². The SMILES string of the molecule is Cc1ccc(Sc2ccc(C#N)c(Br)c2)cc1C(=O)O. The Bertz CT molecular complexity index is 722. The second kappa shape index (κ2) is 6.12. The lowest BCUT2D eigenvalue weighted by molar-refractivity contribution is 0.0696. The van der Waals surface area contributed by atoms with Gasteiger partial charge in [0.2, 0.25) is 0 Å². The molecule has 0 aliphatic rings. The molecule has 3 nitrogen and oxygen atoms in total. The minimum absolute atomic E-state index is 0.308. The summed E-state index contributed by atoms with van der Waals surface area (Å²) in [6.07, 6.45) is 0. The summed E-state index contributed by atoms with van der Waals surface area (Å²) in [5.41, 5.74) is 1.62. The van der Waals surface area contributed by atoms with Crippen LogP contribution in [0.25, 0.3) is 0 Å². The highest BCUT2D eigenvalue weighted by Gasteiger charge is 2.09. The third kappa shape index (κ3) is 3.21. The second-order valence-corrected chi connectivity index (χ2v) is 6.14. The quantitative estimate of drug-likeness (QED) is 0.889. The average molecular weight is 348 g/mol. The number of carboxylic acid groups (broad SMARTS) is 1. The molecule has 0 spiro atoms. The number of hydrogen-bond acceptors (Lipinski definition) is 3. The molecular formula is C15H10BrNO2S. The molecule has 0 heterocycles. The Morgan fingerprint density at radius 3 is 2.50 bits per heavy atom. The zero-order valence-corrected chi connectivity index (χ0v) is 13.0. The molecule has 0 saturated heterocycles. The summed E-state index contributed by atoms with van der Waals surface area (Å²) in [5.74, 6) is -0.925. The van der Waals surface area contributed by atoms with Crippen LogP contribution in [0.15, 0.2) is 50.7 Å². The summed E-state index contributed by atoms with van der Waals surface area (Å²) in [7, 11) is 0. The Labute approximate surface area is 129 Å². The fourth-order valence-corrected chi connectivity index (χ4v) is 3.20. The molecule has 0 fully saturated rings. The van der Waals surface area contributed by atoms with Gasteiger partial charge in [0.1, 0.15) is 6.07 Å². The molecule has 2 rings (SSSR count). The van der Waals surface area contributed by atoms with Crippen molar-refractivity contribution in [2.45, 2.75) is 16.7 Å². The maximum atomic E-state index is 11.1. The summed E-state index contributed by atoms with van der Waals surface area (Å²) in [6.45, 7) is 1.77. The molecule has 0 bridgehead atoms. The third-order valence-corrected chi connectivity index (χ3v) is 4.37. The van der Waals surface area contributed by atoms with E-state index in [0.29, 0.717) is 11.1 Å². The molecule has 0 unspecified atom stereocenters. The number of aromatic carboxylic acids is 1. The van der Waals surface area contributed by atoms with Crippen LogP contribution in [-0.2, 0) is 0 Å². The van der Waals surface area contributed by atoms with Crippen molar-refractivity contribution in [3.8, 4) is 6.07 Å². The van der Waals surface area contributed by atoms with E-state index in [1.165, 1.54) is 11.8 Å². The first-order valence-electron chi connectivity index (χ1n) is 5.72. The zero-order valence-electron chi connectivity index (χ0n) is 10.6. The van der Waals surface area contributed by atoms with Crippen LogP contribution in [0.4, 0.5) is 0 Å². The minimum atomic E-state index is -0.925. The zero-order chi connectivity index (χ0) is 14.7. The summed E-state index contributed by atoms with van der Waals surface area (Å²) in [4.78, 5) is 12.9. The molecule has 1 N–H and O–H groups in total. The Hall–Kier alpha value is -1.77. The molecule has 5 heteroatoms. The number of carbonyl (C=O) groups is 1. The summed E-state index contributed by atoms with van der Waals surface area (Å²) < 4.78 is 0.732. The van der Waals surface area contributed by atoms with E-state index >= 15 is 0 Å². The maximum absolute atomic E-state index is 11.1. The van der Waals surface area contributed by atoms with Crippen molar-refractivity contribution in [1.82, 2.24) is 0 Å². The van der Waals surface area contributed by atoms with Gasteiger partial charge in [-0.1, -0.05) is 17.8 Å². The molecule has 0 radical (unpaired) electrons. The van der Waals surface area contributed by atoms with Gasteiger partial charge in [-0.15, -0.1) is 0 Å². The predicted octanol–water partition coefficient (Wildman–Crippen LogP) is 4.48. The van der Waals surface area contributed by atoms with Crippen LogP contribution in [0.1, 0.15) is 21.5 Å². The van der Waals surface area contributed by atoms with Gasteiger partial charge in [0, 0.05) is 14.3 Å². The van der Waals surface area contributed by atoms with Gasteiger partial charge in [-0.25, -0.2) is 4.79 Å². The van der Waals surface area contributed by atoms with Crippen molar-refractivity contribution in [2.24, 2.45) is 0 Å². The number of aryl methyl sites for hydroxylation is 1. The van der Waals surface area contributed by atoms with Crippen molar-refractivity contribution in [3.63, 3.8) is 0 Å². The van der Waals surface area contributed by atoms with Crippen LogP contribution in [0.2, 0.25) is 0 Å². The highest BCUT2D eigenvalue weighted by atomic mass is 79.9. The van der Waals surface area contributed by atoms with Crippen LogP contribution < -0.4 is 0 Å². The normalized spacial score (nSPS) is 10.1. The average Bonchev–Trinajstić information content (AvgIpc) is 2.41. The first kappa shape index (κ1) is 14.6. The van der Waals surface area contributed by atoms with E-state index in [1.807, 2.05) is 18.2 Å². The van der Waals surface area contributed by atoms with Crippen LogP contribution in [0, 0.1) is 18.3 Å². The smallest absolute Gasteiger partial charge is 0.335 e. The summed E-state index contributed by atoms with van der Waals surface area (Å²) >= 11 is 4.80. The van der Waals surface area contributed by atoms with Crippen LogP contribution in [-0.4, -0.2) is 11.1 Å². The lowest BCUT2D eigenvalue weighted by Gasteiger charge is -2.06. The summed E-state index contributed by atoms with van der Waals surface area (Å²) in [5, 5.41) is 18.0. The van der Waals surface area contributed by atoms with E-state index in [1.54, 1.807) is 25.1 Å². The number of hydrogen-bond donors (Lipinski definition) is 1. The van der Waals surface area contributed by atoms with Crippen molar-refractivity contribution >= 4 is 33.7 Å². The van der Waals surface area contributed by atoms with Gasteiger partial charge >= 0.3 is 5.97 Å². The standard InChI is InChI=1S/C15H10BrNO2S/c1-9-2-4-11(6-13(9)15(18)19)20-12-5-3-10(8-17)14(16)7-12/h2-7H,1H3,(H,18,19). The lowest BCUT2D eigenvalue weighted by Crippen LogP contribution is -1.99. The van der Waals surface area contributed by atoms with Crippen molar-refractivity contribution in [3.05, 3.63) is 57.6 Å². The first-order valence-corrected chi connectivity index (χ1v) is 7.33. The Morgan fingerprint density at radius 1 is 1.25 bits per heavy atom. The molecule has 0 saturated carbocycles. The summed E-state index contributed by atoms with van der Waals surface area (Å²) in [6, 6.07) is 12.9. The van der Waals surface area contributed by atoms with E-state index in [-0.39, 0.29) is 0 Å². The van der Waals surface area contributed by atoms with Gasteiger partial charge in [-0.3, -0.25) is 0 Å². The predicted molar refractivity (Wildman–Crippen MR) is 81.1 cm³/mol. The Kier molecular flexibility index (Phi) is 4.48. The third-order valence-electron chi connectivity index (χ3n) is 2.74. The van der Waals surface area contributed by atoms with Crippen LogP contribution in [0.5, 0.6) is 0 Å². The monoisotopic (exact) mass is 347 g/mol. The molecule has 2 aromatic rings. The lowest BCUT2D eigenvalue weighted by atomic mass is 10.1. The molecular weight excluding hydrogens is 338 g/mol. The van der Waals surface area contributed by atoms with Gasteiger partial charge < -0.3 is 5.11 Å². The second-order valence-electron chi connectivity index (χ2n) is 4.14. The highest BCUT2D eigenvalue weighted by Crippen LogP contribution is 2.31. The highest BCUT2D eigenvalue weighted by molar-refractivity contribution is 9.10. The largest absolute Gasteiger partial charge is 0.478 e. The van der Waals surface area contributed by atoms with E-state index in [9.17, 15) is 4.79 Å². The topological polar surface area (TPSA) is 61.1 Å². The molecule has 2 aromatic carbocycles. The van der Waals surface area contributed by atoms with E-state index in [0.717, 1.165) is 19.8 Å². The van der Waals surface area contributed by atoms with Gasteiger partial charge in [-0.2, -0.15) is 5.26 Å². The van der Waals surface area contributed by atoms with Gasteiger partial charge in [0.25, 0.3) is 0 Å². The number of carboxylic acids is 1. The van der Waals surface area contributed by atoms with E-state index in [4.69, 9.17) is 10.4 Å². The van der Waals surface area contributed by atoms with Gasteiger partial charge in [0.15, 0.2) is 0 Å². The number of nitriles is 1. The van der Waals surface area contributed by atoms with Crippen molar-refractivity contribution < 1.29 is 9.90 Å². The van der Waals surface area contributed by atoms with Crippen molar-refractivity contribution in [2.75, 3.05) is 0 Å². The van der Waals surface area contributed by atoms with Crippen molar-refractivity contribution in [1.29, 1.82) is 5.26 Å². The number of halogens is 1. The molecule has 0 atom stereocenters. The Balaban J connectivity index is 2.31. The molecule has 0 amide bonds. The fraction of sp³-hybridized carbons (Fsp3) is 0.0667. The fourth-order valence-electron chi connectivity index (χ4n) is 1.68. The number of benzene rings is 2. The molecule has 0 aromatic heterocycles. The Morgan fingerprint density at radius 2 is 1.90 bits per heavy atom. The maximum Gasteiger partial charge on any atom is 0.335 e. The molecule has 100 valence electrons. The van der Waals surface area contributed by atoms with Gasteiger partial charge in [0.05, 0.1) is 11.1 Å². The molecule has 0 aliphatic carbocycles. The molecule has 20 heavy (non-hydrogen) atoms. The molecule has 0 aliphatic heterocycles. The van der Waals surface area contributed by atoms with Crippen LogP contribution in [0.3, 0.4) is 0 Å². The van der Waals surface area contributed by atoms with E-state index in [2.05, 4.69) is 22.0 Å². The number of rotatable bonds is 3. The minimum Gasteiger partial charge on any atom is -0.478 e. The first-order chi connectivity index (χ1) is 9.51.